The van der Waals surface area contributed by atoms with E-state index >= 15 is 0 Å². The lowest BCUT2D eigenvalue weighted by atomic mass is 10.2. The maximum atomic E-state index is 12.2. The molecule has 2 heterocycles. The molecule has 1 aromatic carbocycles. The first-order chi connectivity index (χ1) is 11.7. The summed E-state index contributed by atoms with van der Waals surface area (Å²) in [5, 5.41) is 5.16. The number of anilines is 1. The Hall–Kier alpha value is -2.15. The zero-order valence-electron chi connectivity index (χ0n) is 13.0. The van der Waals surface area contributed by atoms with Crippen LogP contribution in [0.4, 0.5) is 5.69 Å². The highest BCUT2D eigenvalue weighted by molar-refractivity contribution is 7.15. The lowest BCUT2D eigenvalue weighted by Gasteiger charge is -2.09. The molecule has 3 rings (SSSR count). The Morgan fingerprint density at radius 2 is 2.29 bits per heavy atom. The number of hydrogen-bond acceptors (Lipinski definition) is 4. The molecule has 0 spiro atoms. The summed E-state index contributed by atoms with van der Waals surface area (Å²) < 4.78 is 7.27. The fourth-order valence-corrected chi connectivity index (χ4v) is 3.24. The third-order valence-corrected chi connectivity index (χ3v) is 4.42. The second-order valence-electron chi connectivity index (χ2n) is 4.96. The Kier molecular flexibility index (Phi) is 5.30. The number of ether oxygens (including phenoxy) is 1. The van der Waals surface area contributed by atoms with Crippen LogP contribution in [-0.4, -0.2) is 21.9 Å². The van der Waals surface area contributed by atoms with Gasteiger partial charge in [-0.1, -0.05) is 29.8 Å². The van der Waals surface area contributed by atoms with Crippen LogP contribution in [-0.2, 0) is 16.1 Å². The zero-order valence-corrected chi connectivity index (χ0v) is 14.6. The molecule has 0 saturated carbocycles. The van der Waals surface area contributed by atoms with E-state index in [2.05, 4.69) is 10.3 Å². The molecule has 0 aliphatic heterocycles. The number of aromatic nitrogens is 2. The van der Waals surface area contributed by atoms with E-state index in [4.69, 9.17) is 16.3 Å². The van der Waals surface area contributed by atoms with E-state index < -0.39 is 0 Å². The second-order valence-corrected chi connectivity index (χ2v) is 6.19. The number of thiazole rings is 1. The number of hydrogen-bond donors (Lipinski definition) is 1. The summed E-state index contributed by atoms with van der Waals surface area (Å²) in [4.78, 5) is 17.2. The molecular weight excluding hydrogens is 346 g/mol. The number of amides is 1. The third-order valence-electron chi connectivity index (χ3n) is 3.38. The van der Waals surface area contributed by atoms with Gasteiger partial charge in [0.1, 0.15) is 0 Å². The third kappa shape index (κ3) is 3.67. The first-order valence-electron chi connectivity index (χ1n) is 7.44. The van der Waals surface area contributed by atoms with Crippen molar-refractivity contribution in [2.75, 3.05) is 11.9 Å². The topological polar surface area (TPSA) is 55.6 Å². The summed E-state index contributed by atoms with van der Waals surface area (Å²) in [6.45, 7) is 3.02. The number of nitrogens with one attached hydrogen (secondary N) is 1. The maximum Gasteiger partial charge on any atom is 0.248 e. The summed E-state index contributed by atoms with van der Waals surface area (Å²) in [6, 6.07) is 7.57. The van der Waals surface area contributed by atoms with E-state index in [0.29, 0.717) is 24.1 Å². The van der Waals surface area contributed by atoms with Crippen molar-refractivity contribution in [2.24, 2.45) is 0 Å². The molecule has 5 nitrogen and oxygen atoms in total. The van der Waals surface area contributed by atoms with Crippen LogP contribution < -0.4 is 5.32 Å². The van der Waals surface area contributed by atoms with Gasteiger partial charge in [-0.25, -0.2) is 4.98 Å². The molecule has 0 aliphatic rings. The maximum absolute atomic E-state index is 12.2. The minimum Gasteiger partial charge on any atom is -0.377 e. The number of fused-ring (bicyclic) bond motifs is 1. The molecule has 0 saturated heterocycles. The number of halogens is 1. The summed E-state index contributed by atoms with van der Waals surface area (Å²) in [6.07, 6.45) is 4.98. The summed E-state index contributed by atoms with van der Waals surface area (Å²) in [5.74, 6) is -0.236. The standard InChI is InChI=1S/C17H16ClN3O2S/c1-2-23-11-12-5-3-4-6-13(12)19-15(22)8-7-14-16(18)20-17-21(14)9-10-24-17/h3-10H,2,11H2,1H3,(H,19,22)/b8-7+. The molecule has 0 fully saturated rings. The monoisotopic (exact) mass is 361 g/mol. The molecule has 2 aromatic heterocycles. The van der Waals surface area contributed by atoms with Gasteiger partial charge < -0.3 is 10.1 Å². The second kappa shape index (κ2) is 7.61. The number of benzene rings is 1. The molecule has 3 aromatic rings. The fraction of sp³-hybridized carbons (Fsp3) is 0.176. The number of carbonyl (C=O) groups is 1. The van der Waals surface area contributed by atoms with Crippen molar-refractivity contribution in [2.45, 2.75) is 13.5 Å². The van der Waals surface area contributed by atoms with Crippen molar-refractivity contribution in [3.8, 4) is 0 Å². The van der Waals surface area contributed by atoms with Gasteiger partial charge in [0.25, 0.3) is 0 Å². The van der Waals surface area contributed by atoms with E-state index in [0.717, 1.165) is 16.2 Å². The minimum atomic E-state index is -0.236. The van der Waals surface area contributed by atoms with Crippen molar-refractivity contribution < 1.29 is 9.53 Å². The average molecular weight is 362 g/mol. The molecule has 0 aliphatic carbocycles. The van der Waals surface area contributed by atoms with E-state index in [1.807, 2.05) is 47.2 Å². The lowest BCUT2D eigenvalue weighted by molar-refractivity contribution is -0.111. The minimum absolute atomic E-state index is 0.236. The van der Waals surface area contributed by atoms with Gasteiger partial charge in [-0.15, -0.1) is 11.3 Å². The van der Waals surface area contributed by atoms with Crippen molar-refractivity contribution in [1.82, 2.24) is 9.38 Å². The van der Waals surface area contributed by atoms with Crippen LogP contribution in [0.5, 0.6) is 0 Å². The highest BCUT2D eigenvalue weighted by Gasteiger charge is 2.09. The van der Waals surface area contributed by atoms with Gasteiger partial charge in [0.05, 0.1) is 12.3 Å². The van der Waals surface area contributed by atoms with E-state index in [1.54, 1.807) is 6.08 Å². The summed E-state index contributed by atoms with van der Waals surface area (Å²) in [5.41, 5.74) is 2.36. The van der Waals surface area contributed by atoms with Crippen molar-refractivity contribution in [1.29, 1.82) is 0 Å². The molecule has 0 bridgehead atoms. The predicted octanol–water partition coefficient (Wildman–Crippen LogP) is 4.24. The van der Waals surface area contributed by atoms with Gasteiger partial charge >= 0.3 is 0 Å². The molecule has 1 N–H and O–H groups in total. The molecule has 124 valence electrons. The number of nitrogens with zero attached hydrogens (tertiary/aromatic N) is 2. The Morgan fingerprint density at radius 3 is 3.12 bits per heavy atom. The summed E-state index contributed by atoms with van der Waals surface area (Å²) >= 11 is 7.60. The highest BCUT2D eigenvalue weighted by Crippen LogP contribution is 2.22. The zero-order chi connectivity index (χ0) is 16.9. The van der Waals surface area contributed by atoms with E-state index in [1.165, 1.54) is 17.4 Å². The number of carbonyl (C=O) groups excluding carboxylic acids is 1. The van der Waals surface area contributed by atoms with Crippen LogP contribution in [0.25, 0.3) is 11.0 Å². The molecule has 0 radical (unpaired) electrons. The van der Waals surface area contributed by atoms with Crippen LogP contribution in [0.15, 0.2) is 41.9 Å². The Balaban J connectivity index is 1.74. The van der Waals surface area contributed by atoms with Gasteiger partial charge in [0.2, 0.25) is 5.91 Å². The smallest absolute Gasteiger partial charge is 0.248 e. The van der Waals surface area contributed by atoms with Gasteiger partial charge in [0, 0.05) is 35.5 Å². The summed E-state index contributed by atoms with van der Waals surface area (Å²) in [7, 11) is 0. The van der Waals surface area contributed by atoms with Crippen LogP contribution in [0.3, 0.4) is 0 Å². The van der Waals surface area contributed by atoms with Crippen molar-refractivity contribution in [3.63, 3.8) is 0 Å². The molecule has 7 heteroatoms. The van der Waals surface area contributed by atoms with E-state index in [-0.39, 0.29) is 5.91 Å². The van der Waals surface area contributed by atoms with Crippen molar-refractivity contribution >= 4 is 45.6 Å². The highest BCUT2D eigenvalue weighted by atomic mass is 35.5. The molecule has 0 unspecified atom stereocenters. The number of para-hydroxylation sites is 1. The normalized spacial score (nSPS) is 11.4. The van der Waals surface area contributed by atoms with Gasteiger partial charge in [0.15, 0.2) is 10.1 Å². The van der Waals surface area contributed by atoms with Crippen LogP contribution in [0, 0.1) is 0 Å². The van der Waals surface area contributed by atoms with Gasteiger partial charge in [-0.2, -0.15) is 0 Å². The van der Waals surface area contributed by atoms with Gasteiger partial charge in [-0.3, -0.25) is 9.20 Å². The van der Waals surface area contributed by atoms with Crippen LogP contribution in [0.1, 0.15) is 18.2 Å². The van der Waals surface area contributed by atoms with Crippen molar-refractivity contribution in [3.05, 3.63) is 58.3 Å². The SMILES string of the molecule is CCOCc1ccccc1NC(=O)/C=C/c1c(Cl)nc2sccn12. The first kappa shape index (κ1) is 16.7. The molecule has 0 atom stereocenters. The number of imidazole rings is 1. The Bertz CT molecular complexity index is 885. The number of rotatable bonds is 6. The Labute approximate surface area is 148 Å². The lowest BCUT2D eigenvalue weighted by Crippen LogP contribution is -2.10. The van der Waals surface area contributed by atoms with Crippen LogP contribution >= 0.6 is 22.9 Å². The largest absolute Gasteiger partial charge is 0.377 e. The van der Waals surface area contributed by atoms with Gasteiger partial charge in [-0.05, 0) is 19.1 Å². The molecule has 1 amide bonds. The molecule has 24 heavy (non-hydrogen) atoms. The van der Waals surface area contributed by atoms with Crippen LogP contribution in [0.2, 0.25) is 5.15 Å². The predicted molar refractivity (Wildman–Crippen MR) is 97.5 cm³/mol. The quantitative estimate of drug-likeness (QED) is 0.668. The Morgan fingerprint density at radius 1 is 1.46 bits per heavy atom. The van der Waals surface area contributed by atoms with E-state index in [9.17, 15) is 4.79 Å². The fourth-order valence-electron chi connectivity index (χ4n) is 2.24. The first-order valence-corrected chi connectivity index (χ1v) is 8.70. The molecular formula is C17H16ClN3O2S. The average Bonchev–Trinajstić information content (AvgIpc) is 3.13.